The Morgan fingerprint density at radius 3 is 3.00 bits per heavy atom. The van der Waals surface area contributed by atoms with Crippen LogP contribution in [-0.2, 0) is 11.8 Å². The summed E-state index contributed by atoms with van der Waals surface area (Å²) in [4.78, 5) is 25.3. The van der Waals surface area contributed by atoms with Gasteiger partial charge in [-0.15, -0.1) is 0 Å². The fourth-order valence-electron chi connectivity index (χ4n) is 1.37. The molecule has 0 saturated carbocycles. The van der Waals surface area contributed by atoms with E-state index in [2.05, 4.69) is 14.8 Å². The van der Waals surface area contributed by atoms with Gasteiger partial charge in [-0.25, -0.2) is 4.79 Å². The average Bonchev–Trinajstić information content (AvgIpc) is 2.58. The molecule has 0 aliphatic rings. The van der Waals surface area contributed by atoms with Crippen LogP contribution in [0.1, 0.15) is 10.4 Å². The molecule has 0 amide bonds. The van der Waals surface area contributed by atoms with Gasteiger partial charge in [0.2, 0.25) is 0 Å². The van der Waals surface area contributed by atoms with Crippen LogP contribution in [0.25, 0.3) is 11.0 Å². The van der Waals surface area contributed by atoms with Crippen molar-refractivity contribution in [3.63, 3.8) is 0 Å². The number of hydrogen-bond acceptors (Lipinski definition) is 4. The summed E-state index contributed by atoms with van der Waals surface area (Å²) >= 11 is 0. The lowest BCUT2D eigenvalue weighted by Gasteiger charge is -1.98. The molecule has 78 valence electrons. The second-order valence-electron chi connectivity index (χ2n) is 3.08. The normalized spacial score (nSPS) is 10.5. The lowest BCUT2D eigenvalue weighted by Crippen LogP contribution is -2.18. The molecule has 1 N–H and O–H groups in total. The van der Waals surface area contributed by atoms with Crippen molar-refractivity contribution in [2.24, 2.45) is 7.05 Å². The number of aryl methyl sites for hydroxylation is 1. The Bertz CT molecular complexity index is 582. The molecule has 6 nitrogen and oxygen atoms in total. The Labute approximate surface area is 84.5 Å². The van der Waals surface area contributed by atoms with E-state index in [1.54, 1.807) is 13.2 Å². The summed E-state index contributed by atoms with van der Waals surface area (Å²) < 4.78 is 6.01. The maximum Gasteiger partial charge on any atom is 0.343 e. The number of carbonyl (C=O) groups excluding carboxylic acids is 1. The molecule has 0 atom stereocenters. The van der Waals surface area contributed by atoms with Crippen molar-refractivity contribution in [1.82, 2.24) is 14.8 Å². The first-order chi connectivity index (χ1) is 7.13. The van der Waals surface area contributed by atoms with E-state index in [1.807, 2.05) is 0 Å². The second kappa shape index (κ2) is 3.23. The summed E-state index contributed by atoms with van der Waals surface area (Å²) in [6.07, 6.45) is 1.57. The van der Waals surface area contributed by atoms with Gasteiger partial charge in [0.15, 0.2) is 0 Å². The van der Waals surface area contributed by atoms with Gasteiger partial charge in [0.1, 0.15) is 11.2 Å². The molecule has 2 aromatic heterocycles. The molecule has 2 rings (SSSR count). The third-order valence-corrected chi connectivity index (χ3v) is 2.15. The molecule has 0 bridgehead atoms. The zero-order chi connectivity index (χ0) is 11.0. The van der Waals surface area contributed by atoms with E-state index in [0.29, 0.717) is 11.0 Å². The Kier molecular flexibility index (Phi) is 2.03. The predicted octanol–water partition coefficient (Wildman–Crippen LogP) is 0.0482. The van der Waals surface area contributed by atoms with Gasteiger partial charge >= 0.3 is 5.97 Å². The summed E-state index contributed by atoms with van der Waals surface area (Å²) in [7, 11) is 2.94. The molecule has 0 aliphatic heterocycles. The number of aromatic nitrogens is 3. The first kappa shape index (κ1) is 9.45. The van der Waals surface area contributed by atoms with E-state index in [9.17, 15) is 9.59 Å². The van der Waals surface area contributed by atoms with E-state index >= 15 is 0 Å². The van der Waals surface area contributed by atoms with Crippen molar-refractivity contribution in [2.75, 3.05) is 7.11 Å². The maximum atomic E-state index is 11.5. The topological polar surface area (TPSA) is 77.0 Å². The number of nitrogens with zero attached hydrogens (tertiary/aromatic N) is 2. The molecule has 2 aromatic rings. The van der Waals surface area contributed by atoms with Gasteiger partial charge in [-0.3, -0.25) is 9.48 Å². The summed E-state index contributed by atoms with van der Waals surface area (Å²) in [5, 5.41) is 4.65. The van der Waals surface area contributed by atoms with Gasteiger partial charge in [-0.1, -0.05) is 0 Å². The van der Waals surface area contributed by atoms with Crippen molar-refractivity contribution < 1.29 is 9.53 Å². The van der Waals surface area contributed by atoms with Gasteiger partial charge in [0.25, 0.3) is 5.56 Å². The first-order valence-electron chi connectivity index (χ1n) is 4.27. The minimum atomic E-state index is -0.651. The van der Waals surface area contributed by atoms with Crippen LogP contribution in [0.2, 0.25) is 0 Å². The van der Waals surface area contributed by atoms with Crippen LogP contribution >= 0.6 is 0 Å². The van der Waals surface area contributed by atoms with E-state index in [-0.39, 0.29) is 5.56 Å². The first-order valence-corrected chi connectivity index (χ1v) is 4.27. The number of aromatic amines is 1. The molecular weight excluding hydrogens is 198 g/mol. The van der Waals surface area contributed by atoms with E-state index < -0.39 is 11.5 Å². The third kappa shape index (κ3) is 1.39. The molecule has 0 saturated heterocycles. The van der Waals surface area contributed by atoms with Crippen molar-refractivity contribution in [3.8, 4) is 0 Å². The number of H-pyrrole nitrogens is 1. The number of hydrogen-bond donors (Lipinski definition) is 1. The zero-order valence-electron chi connectivity index (χ0n) is 8.27. The molecular formula is C9H9N3O3. The van der Waals surface area contributed by atoms with Crippen molar-refractivity contribution in [1.29, 1.82) is 0 Å². The average molecular weight is 207 g/mol. The standard InChI is InChI=1S/C9H9N3O3/c1-12-7-5(4-10-12)3-6(8(13)11-7)9(14)15-2/h3-4H,1-2H3,(H,11,13). The van der Waals surface area contributed by atoms with Gasteiger partial charge < -0.3 is 9.72 Å². The molecule has 0 aromatic carbocycles. The molecule has 0 aliphatic carbocycles. The summed E-state index contributed by atoms with van der Waals surface area (Å²) in [6, 6.07) is 1.47. The van der Waals surface area contributed by atoms with Gasteiger partial charge in [-0.05, 0) is 6.07 Å². The summed E-state index contributed by atoms with van der Waals surface area (Å²) in [5.41, 5.74) is 0.0867. The van der Waals surface area contributed by atoms with E-state index in [0.717, 1.165) is 0 Å². The van der Waals surface area contributed by atoms with Gasteiger partial charge in [0.05, 0.1) is 13.3 Å². The Balaban J connectivity index is 2.74. The van der Waals surface area contributed by atoms with Crippen molar-refractivity contribution >= 4 is 17.0 Å². The number of methoxy groups -OCH3 is 1. The van der Waals surface area contributed by atoms with E-state index in [4.69, 9.17) is 0 Å². The highest BCUT2D eigenvalue weighted by atomic mass is 16.5. The highest BCUT2D eigenvalue weighted by Crippen LogP contribution is 2.09. The lowest BCUT2D eigenvalue weighted by molar-refractivity contribution is 0.0599. The molecule has 6 heteroatoms. The maximum absolute atomic E-state index is 11.5. The van der Waals surface area contributed by atoms with Crippen molar-refractivity contribution in [3.05, 3.63) is 28.2 Å². The van der Waals surface area contributed by atoms with Crippen LogP contribution in [0.4, 0.5) is 0 Å². The number of pyridine rings is 1. The fourth-order valence-corrected chi connectivity index (χ4v) is 1.37. The van der Waals surface area contributed by atoms with E-state index in [1.165, 1.54) is 17.9 Å². The fraction of sp³-hybridized carbons (Fsp3) is 0.222. The molecule has 15 heavy (non-hydrogen) atoms. The highest BCUT2D eigenvalue weighted by Gasteiger charge is 2.13. The van der Waals surface area contributed by atoms with Crippen LogP contribution < -0.4 is 5.56 Å². The smallest absolute Gasteiger partial charge is 0.343 e. The quantitative estimate of drug-likeness (QED) is 0.670. The molecule has 0 spiro atoms. The Hall–Kier alpha value is -2.11. The molecule has 0 unspecified atom stereocenters. The highest BCUT2D eigenvalue weighted by molar-refractivity contribution is 5.92. The summed E-state index contributed by atoms with van der Waals surface area (Å²) in [6.45, 7) is 0. The molecule has 0 radical (unpaired) electrons. The SMILES string of the molecule is COC(=O)c1cc2cnn(C)c2[nH]c1=O. The number of esters is 1. The lowest BCUT2D eigenvalue weighted by atomic mass is 10.2. The van der Waals surface area contributed by atoms with Crippen LogP contribution in [0.3, 0.4) is 0 Å². The Morgan fingerprint density at radius 2 is 2.33 bits per heavy atom. The van der Waals surface area contributed by atoms with Crippen LogP contribution in [0.5, 0.6) is 0 Å². The largest absolute Gasteiger partial charge is 0.465 e. The number of fused-ring (bicyclic) bond motifs is 1. The Morgan fingerprint density at radius 1 is 1.60 bits per heavy atom. The van der Waals surface area contributed by atoms with Crippen molar-refractivity contribution in [2.45, 2.75) is 0 Å². The molecule has 2 heterocycles. The van der Waals surface area contributed by atoms with Crippen LogP contribution in [-0.4, -0.2) is 27.8 Å². The minimum Gasteiger partial charge on any atom is -0.465 e. The van der Waals surface area contributed by atoms with Gasteiger partial charge in [0, 0.05) is 12.4 Å². The number of carbonyl (C=O) groups is 1. The number of ether oxygens (including phenoxy) is 1. The van der Waals surface area contributed by atoms with Gasteiger partial charge in [-0.2, -0.15) is 5.10 Å². The predicted molar refractivity (Wildman–Crippen MR) is 52.7 cm³/mol. The minimum absolute atomic E-state index is 0.0157. The monoisotopic (exact) mass is 207 g/mol. The number of rotatable bonds is 1. The van der Waals surface area contributed by atoms with Crippen LogP contribution in [0.15, 0.2) is 17.1 Å². The zero-order valence-corrected chi connectivity index (χ0v) is 8.27. The second-order valence-corrected chi connectivity index (χ2v) is 3.08. The summed E-state index contributed by atoms with van der Waals surface area (Å²) in [5.74, 6) is -0.651. The third-order valence-electron chi connectivity index (χ3n) is 2.15. The van der Waals surface area contributed by atoms with Crippen LogP contribution in [0, 0.1) is 0 Å². The number of nitrogens with one attached hydrogen (secondary N) is 1. The molecule has 0 fully saturated rings.